The largest absolute Gasteiger partial charge is 0.396 e. The highest BCUT2D eigenvalue weighted by Gasteiger charge is 2.70. The van der Waals surface area contributed by atoms with Gasteiger partial charge in [0, 0.05) is 18.1 Å². The molecule has 5 saturated carbocycles. The maximum absolute atomic E-state index is 11.0. The molecule has 5 aliphatic rings. The Morgan fingerprint density at radius 1 is 0.861 bits per heavy atom. The summed E-state index contributed by atoms with van der Waals surface area (Å²) in [7, 11) is 0. The van der Waals surface area contributed by atoms with E-state index in [4.69, 9.17) is 0 Å². The summed E-state index contributed by atoms with van der Waals surface area (Å²) in [6, 6.07) is 6.30. The molecule has 1 heterocycles. The molecule has 0 bridgehead atoms. The molecular weight excluding hydrogens is 462 g/mol. The predicted molar refractivity (Wildman–Crippen MR) is 148 cm³/mol. The highest BCUT2D eigenvalue weighted by Crippen LogP contribution is 2.77. The van der Waals surface area contributed by atoms with Gasteiger partial charge in [-0.15, -0.1) is 11.8 Å². The molecule has 2 N–H and O–H groups in total. The first-order valence-electron chi connectivity index (χ1n) is 14.9. The topological polar surface area (TPSA) is 53.4 Å². The lowest BCUT2D eigenvalue weighted by atomic mass is 9.32. The van der Waals surface area contributed by atoms with Gasteiger partial charge in [-0.1, -0.05) is 40.7 Å². The van der Waals surface area contributed by atoms with Crippen molar-refractivity contribution < 1.29 is 10.2 Å². The molecule has 5 aliphatic carbocycles. The van der Waals surface area contributed by atoms with Crippen molar-refractivity contribution in [1.29, 1.82) is 0 Å². The van der Waals surface area contributed by atoms with Crippen molar-refractivity contribution in [2.45, 2.75) is 115 Å². The van der Waals surface area contributed by atoms with Crippen molar-refractivity contribution in [3.63, 3.8) is 0 Å². The van der Waals surface area contributed by atoms with Crippen LogP contribution in [0.5, 0.6) is 0 Å². The van der Waals surface area contributed by atoms with Gasteiger partial charge in [0.2, 0.25) is 0 Å². The van der Waals surface area contributed by atoms with Crippen molar-refractivity contribution >= 4 is 11.8 Å². The molecule has 36 heavy (non-hydrogen) atoms. The summed E-state index contributed by atoms with van der Waals surface area (Å²) in [6.45, 7) is 13.0. The van der Waals surface area contributed by atoms with Crippen LogP contribution in [0.3, 0.4) is 0 Å². The van der Waals surface area contributed by atoms with E-state index in [0.717, 1.165) is 17.4 Å². The van der Waals surface area contributed by atoms with Gasteiger partial charge in [-0.25, -0.2) is 4.98 Å². The third kappa shape index (κ3) is 3.28. The molecule has 0 aromatic carbocycles. The molecule has 0 aliphatic heterocycles. The zero-order chi connectivity index (χ0) is 25.6. The van der Waals surface area contributed by atoms with Crippen molar-refractivity contribution in [2.75, 3.05) is 6.61 Å². The van der Waals surface area contributed by atoms with Gasteiger partial charge < -0.3 is 10.2 Å². The molecule has 1 aromatic rings. The van der Waals surface area contributed by atoms with E-state index in [2.05, 4.69) is 51.7 Å². The molecule has 5 fully saturated rings. The monoisotopic (exact) mass is 511 g/mol. The molecule has 4 heteroatoms. The molecule has 0 radical (unpaired) electrons. The molecular formula is C32H49NO2S. The normalized spacial score (nSPS) is 51.5. The van der Waals surface area contributed by atoms with E-state index in [9.17, 15) is 10.2 Å². The quantitative estimate of drug-likeness (QED) is 0.445. The van der Waals surface area contributed by atoms with E-state index >= 15 is 0 Å². The van der Waals surface area contributed by atoms with Gasteiger partial charge in [0.05, 0.1) is 11.1 Å². The van der Waals surface area contributed by atoms with Crippen molar-refractivity contribution in [3.05, 3.63) is 24.4 Å². The van der Waals surface area contributed by atoms with E-state index in [1.807, 2.05) is 24.0 Å². The second kappa shape index (κ2) is 8.46. The third-order valence-corrected chi connectivity index (χ3v) is 15.1. The average molecular weight is 512 g/mol. The number of rotatable bonds is 3. The minimum Gasteiger partial charge on any atom is -0.396 e. The maximum Gasteiger partial charge on any atom is 0.0962 e. The lowest BCUT2D eigenvalue weighted by Gasteiger charge is -2.72. The van der Waals surface area contributed by atoms with Crippen LogP contribution in [-0.2, 0) is 0 Å². The Kier molecular flexibility index (Phi) is 6.03. The summed E-state index contributed by atoms with van der Waals surface area (Å²) < 4.78 is 0. The zero-order valence-electron chi connectivity index (χ0n) is 23.3. The van der Waals surface area contributed by atoms with Gasteiger partial charge in [-0.3, -0.25) is 0 Å². The molecule has 200 valence electrons. The van der Waals surface area contributed by atoms with E-state index in [1.54, 1.807) is 0 Å². The van der Waals surface area contributed by atoms with Crippen LogP contribution in [0.2, 0.25) is 0 Å². The third-order valence-electron chi connectivity index (χ3n) is 13.8. The summed E-state index contributed by atoms with van der Waals surface area (Å²) in [5.74, 6) is 2.62. The smallest absolute Gasteiger partial charge is 0.0962 e. The second-order valence-corrected chi connectivity index (χ2v) is 16.2. The van der Waals surface area contributed by atoms with Crippen LogP contribution >= 0.6 is 11.8 Å². The summed E-state index contributed by atoms with van der Waals surface area (Å²) in [5, 5.41) is 23.5. The fourth-order valence-corrected chi connectivity index (χ4v) is 13.1. The second-order valence-electron chi connectivity index (χ2n) is 15.0. The lowest BCUT2D eigenvalue weighted by Crippen LogP contribution is -2.66. The minimum atomic E-state index is -0.158. The van der Waals surface area contributed by atoms with E-state index < -0.39 is 0 Å². The standard InChI is InChI=1S/C32H49NO2S/c1-28(2)23-12-15-31(5)24(29(23,3)14-13-25(28)35)10-9-21-27-22(36-26-8-6-7-19-33-26)11-16-32(27,20-34)18-17-30(21,31)4/h6-8,19,21-25,27,34-35H,9-18,20H2,1-5H3/t21-,22+,23+,24-,25+,27+,29+,30-,31-,32-/m1/s1. The molecule has 10 atom stereocenters. The number of hydrogen-bond acceptors (Lipinski definition) is 4. The number of fused-ring (bicyclic) bond motifs is 7. The molecule has 1 aromatic heterocycles. The van der Waals surface area contributed by atoms with Gasteiger partial charge in [0.1, 0.15) is 0 Å². The van der Waals surface area contributed by atoms with Crippen molar-refractivity contribution in [1.82, 2.24) is 4.98 Å². The Morgan fingerprint density at radius 3 is 2.39 bits per heavy atom. The highest BCUT2D eigenvalue weighted by molar-refractivity contribution is 7.99. The van der Waals surface area contributed by atoms with Crippen LogP contribution in [0.15, 0.2) is 29.4 Å². The van der Waals surface area contributed by atoms with Gasteiger partial charge >= 0.3 is 0 Å². The number of aliphatic hydroxyl groups excluding tert-OH is 2. The van der Waals surface area contributed by atoms with Crippen LogP contribution in [0.25, 0.3) is 0 Å². The zero-order valence-corrected chi connectivity index (χ0v) is 24.1. The first-order valence-corrected chi connectivity index (χ1v) is 15.8. The number of hydrogen-bond donors (Lipinski definition) is 2. The maximum atomic E-state index is 11.0. The van der Waals surface area contributed by atoms with E-state index in [-0.39, 0.29) is 16.9 Å². The van der Waals surface area contributed by atoms with Gasteiger partial charge in [-0.05, 0) is 127 Å². The van der Waals surface area contributed by atoms with Crippen LogP contribution in [0.1, 0.15) is 98.8 Å². The number of nitrogens with zero attached hydrogens (tertiary/aromatic N) is 1. The Labute approximate surface area is 223 Å². The van der Waals surface area contributed by atoms with Gasteiger partial charge in [0.15, 0.2) is 0 Å². The fourth-order valence-electron chi connectivity index (χ4n) is 11.6. The summed E-state index contributed by atoms with van der Waals surface area (Å²) in [4.78, 5) is 4.68. The van der Waals surface area contributed by atoms with Crippen LogP contribution in [0, 0.1) is 50.7 Å². The van der Waals surface area contributed by atoms with Crippen molar-refractivity contribution in [2.24, 2.45) is 50.7 Å². The van der Waals surface area contributed by atoms with Crippen LogP contribution in [-0.4, -0.2) is 33.2 Å². The van der Waals surface area contributed by atoms with E-state index in [1.165, 1.54) is 57.8 Å². The van der Waals surface area contributed by atoms with Crippen molar-refractivity contribution in [3.8, 4) is 0 Å². The SMILES string of the molecule is CC1(C)[C@@H](O)CC[C@]2(C)[C@H]3CC[C@@H]4[C@H]5[C@@H](Sc6ccccn6)CC[C@]5(CO)CC[C@@]4(C)[C@]3(C)CC[C@@H]12. The number of pyridine rings is 1. The Morgan fingerprint density at radius 2 is 1.67 bits per heavy atom. The van der Waals surface area contributed by atoms with Crippen LogP contribution in [0.4, 0.5) is 0 Å². The Balaban J connectivity index is 1.36. The molecule has 0 spiro atoms. The first-order chi connectivity index (χ1) is 17.0. The first kappa shape index (κ1) is 25.7. The summed E-state index contributed by atoms with van der Waals surface area (Å²) >= 11 is 2.00. The van der Waals surface area contributed by atoms with Gasteiger partial charge in [-0.2, -0.15) is 0 Å². The number of aromatic nitrogens is 1. The lowest BCUT2D eigenvalue weighted by molar-refractivity contribution is -0.247. The molecule has 0 unspecified atom stereocenters. The molecule has 6 rings (SSSR count). The predicted octanol–water partition coefficient (Wildman–Crippen LogP) is 7.36. The fraction of sp³-hybridized carbons (Fsp3) is 0.844. The highest BCUT2D eigenvalue weighted by atomic mass is 32.2. The molecule has 0 amide bonds. The minimum absolute atomic E-state index is 0.0144. The van der Waals surface area contributed by atoms with E-state index in [0.29, 0.717) is 45.9 Å². The number of thioether (sulfide) groups is 1. The summed E-state index contributed by atoms with van der Waals surface area (Å²) in [5.41, 5.74) is 1.11. The Bertz CT molecular complexity index is 984. The number of aliphatic hydroxyl groups is 2. The van der Waals surface area contributed by atoms with Crippen LogP contribution < -0.4 is 0 Å². The molecule has 0 saturated heterocycles. The Hall–Kier alpha value is -0.580. The summed E-state index contributed by atoms with van der Waals surface area (Å²) in [6.07, 6.45) is 14.0. The molecule has 3 nitrogen and oxygen atoms in total. The van der Waals surface area contributed by atoms with Gasteiger partial charge in [0.25, 0.3) is 0 Å². The average Bonchev–Trinajstić information content (AvgIpc) is 3.21.